The Morgan fingerprint density at radius 1 is 0.840 bits per heavy atom. The molecule has 2 nitrogen and oxygen atoms in total. The van der Waals surface area contributed by atoms with Crippen LogP contribution in [-0.4, -0.2) is 12.2 Å². The second-order valence-electron chi connectivity index (χ2n) is 8.21. The summed E-state index contributed by atoms with van der Waals surface area (Å²) in [6.45, 7) is 6.73. The first-order valence-corrected chi connectivity index (χ1v) is 9.40. The van der Waals surface area contributed by atoms with Crippen molar-refractivity contribution in [3.63, 3.8) is 0 Å². The van der Waals surface area contributed by atoms with Crippen LogP contribution >= 0.6 is 0 Å². The Hall–Kier alpha value is -1.96. The SMILES string of the molecule is COc1c2cccc1CCCc1cc(C(C)(C)C)cc(c1O)CCC2. The molecular formula is C23H30O2. The molecule has 0 radical (unpaired) electrons. The first-order valence-electron chi connectivity index (χ1n) is 9.40. The van der Waals surface area contributed by atoms with Crippen LogP contribution in [-0.2, 0) is 31.1 Å². The van der Waals surface area contributed by atoms with E-state index in [9.17, 15) is 5.11 Å². The summed E-state index contributed by atoms with van der Waals surface area (Å²) in [5.41, 5.74) is 6.18. The van der Waals surface area contributed by atoms with Crippen LogP contribution in [0.5, 0.6) is 11.5 Å². The van der Waals surface area contributed by atoms with Gasteiger partial charge in [0, 0.05) is 0 Å². The average molecular weight is 338 g/mol. The van der Waals surface area contributed by atoms with Crippen molar-refractivity contribution in [2.24, 2.45) is 0 Å². The van der Waals surface area contributed by atoms with Gasteiger partial charge in [-0.2, -0.15) is 0 Å². The van der Waals surface area contributed by atoms with Crippen LogP contribution in [0, 0.1) is 0 Å². The molecule has 0 unspecified atom stereocenters. The maximum absolute atomic E-state index is 10.8. The van der Waals surface area contributed by atoms with Gasteiger partial charge >= 0.3 is 0 Å². The van der Waals surface area contributed by atoms with Gasteiger partial charge in [0.05, 0.1) is 7.11 Å². The predicted molar refractivity (Wildman–Crippen MR) is 104 cm³/mol. The van der Waals surface area contributed by atoms with Crippen LogP contribution in [0.1, 0.15) is 61.4 Å². The van der Waals surface area contributed by atoms with E-state index in [1.807, 2.05) is 0 Å². The molecule has 1 N–H and O–H groups in total. The maximum Gasteiger partial charge on any atom is 0.125 e. The van der Waals surface area contributed by atoms with Crippen molar-refractivity contribution >= 4 is 0 Å². The molecule has 0 saturated heterocycles. The number of ether oxygens (including phenoxy) is 1. The fourth-order valence-corrected chi connectivity index (χ4v) is 3.81. The number of benzene rings is 2. The topological polar surface area (TPSA) is 29.5 Å². The van der Waals surface area contributed by atoms with Crippen molar-refractivity contribution < 1.29 is 9.84 Å². The zero-order valence-electron chi connectivity index (χ0n) is 16.0. The highest BCUT2D eigenvalue weighted by Gasteiger charge is 2.19. The third-order valence-electron chi connectivity index (χ3n) is 5.30. The van der Waals surface area contributed by atoms with E-state index in [0.29, 0.717) is 5.75 Å². The molecule has 2 aromatic rings. The number of hydrogen-bond acceptors (Lipinski definition) is 2. The van der Waals surface area contributed by atoms with E-state index in [0.717, 1.165) is 55.4 Å². The maximum atomic E-state index is 10.8. The van der Waals surface area contributed by atoms with Gasteiger partial charge in [0.2, 0.25) is 0 Å². The standard InChI is InChI=1S/C23H30O2/c1-23(2,3)20-14-18-12-6-10-16-8-5-9-17(22(16)25-4)11-7-13-19(15-20)21(18)24/h5,8-9,14-15,24H,6-7,10-13H2,1-4H3. The highest BCUT2D eigenvalue weighted by atomic mass is 16.5. The van der Waals surface area contributed by atoms with Gasteiger partial charge in [-0.15, -0.1) is 0 Å². The number of rotatable bonds is 1. The van der Waals surface area contributed by atoms with Crippen LogP contribution in [0.2, 0.25) is 0 Å². The van der Waals surface area contributed by atoms with Gasteiger partial charge < -0.3 is 9.84 Å². The van der Waals surface area contributed by atoms with Crippen molar-refractivity contribution in [3.05, 3.63) is 58.1 Å². The normalized spacial score (nSPS) is 15.2. The Kier molecular flexibility index (Phi) is 5.08. The minimum absolute atomic E-state index is 0.0990. The summed E-state index contributed by atoms with van der Waals surface area (Å²) in [7, 11) is 1.78. The number of aryl methyl sites for hydroxylation is 4. The molecule has 4 bridgehead atoms. The highest BCUT2D eigenvalue weighted by molar-refractivity contribution is 5.47. The molecule has 0 heterocycles. The van der Waals surface area contributed by atoms with E-state index in [-0.39, 0.29) is 5.41 Å². The third kappa shape index (κ3) is 3.84. The average Bonchev–Trinajstić information content (AvgIpc) is 2.56. The smallest absolute Gasteiger partial charge is 0.125 e. The second kappa shape index (κ2) is 7.11. The summed E-state index contributed by atoms with van der Waals surface area (Å²) in [5.74, 6) is 1.58. The highest BCUT2D eigenvalue weighted by Crippen LogP contribution is 2.34. The fourth-order valence-electron chi connectivity index (χ4n) is 3.81. The molecule has 0 aromatic heterocycles. The van der Waals surface area contributed by atoms with Crippen LogP contribution in [0.25, 0.3) is 0 Å². The summed E-state index contributed by atoms with van der Waals surface area (Å²) in [6, 6.07) is 10.9. The summed E-state index contributed by atoms with van der Waals surface area (Å²) < 4.78 is 5.71. The largest absolute Gasteiger partial charge is 0.507 e. The Labute approximate surface area is 151 Å². The summed E-state index contributed by atoms with van der Waals surface area (Å²) in [6.07, 6.45) is 5.78. The number of para-hydroxylation sites is 1. The number of fused-ring (bicyclic) bond motifs is 4. The molecule has 0 atom stereocenters. The first-order chi connectivity index (χ1) is 11.9. The van der Waals surface area contributed by atoms with Crippen molar-refractivity contribution in [1.82, 2.24) is 0 Å². The Morgan fingerprint density at radius 2 is 1.32 bits per heavy atom. The minimum Gasteiger partial charge on any atom is -0.507 e. The molecule has 0 spiro atoms. The quantitative estimate of drug-likeness (QED) is 0.758. The molecule has 0 fully saturated rings. The molecule has 1 aliphatic carbocycles. The molecule has 1 aliphatic rings. The lowest BCUT2D eigenvalue weighted by molar-refractivity contribution is 0.403. The second-order valence-corrected chi connectivity index (χ2v) is 8.21. The van der Waals surface area contributed by atoms with Gasteiger partial charge in [-0.3, -0.25) is 0 Å². The van der Waals surface area contributed by atoms with Crippen LogP contribution in [0.3, 0.4) is 0 Å². The molecule has 0 amide bonds. The zero-order valence-corrected chi connectivity index (χ0v) is 16.0. The number of hydrogen-bond donors (Lipinski definition) is 1. The molecule has 134 valence electrons. The minimum atomic E-state index is 0.0990. The lowest BCUT2D eigenvalue weighted by atomic mass is 9.83. The molecular weight excluding hydrogens is 308 g/mol. The van der Waals surface area contributed by atoms with Gasteiger partial charge in [0.1, 0.15) is 11.5 Å². The van der Waals surface area contributed by atoms with Gasteiger partial charge in [0.15, 0.2) is 0 Å². The monoisotopic (exact) mass is 338 g/mol. The number of phenolic OH excluding ortho intramolecular Hbond substituents is 1. The van der Waals surface area contributed by atoms with Crippen molar-refractivity contribution in [1.29, 1.82) is 0 Å². The Morgan fingerprint density at radius 3 is 1.76 bits per heavy atom. The van der Waals surface area contributed by atoms with E-state index < -0.39 is 0 Å². The Bertz CT molecular complexity index is 704. The molecule has 3 rings (SSSR count). The van der Waals surface area contributed by atoms with Crippen LogP contribution in [0.15, 0.2) is 30.3 Å². The summed E-state index contributed by atoms with van der Waals surface area (Å²) >= 11 is 0. The van der Waals surface area contributed by atoms with E-state index in [4.69, 9.17) is 4.74 Å². The predicted octanol–water partition coefficient (Wildman–Crippen LogP) is 5.36. The molecule has 2 heteroatoms. The lowest BCUT2D eigenvalue weighted by Gasteiger charge is -2.23. The number of aromatic hydroxyl groups is 1. The third-order valence-corrected chi connectivity index (χ3v) is 5.30. The number of methoxy groups -OCH3 is 1. The first kappa shape index (κ1) is 17.8. The Balaban J connectivity index is 1.98. The molecule has 25 heavy (non-hydrogen) atoms. The zero-order chi connectivity index (χ0) is 18.0. The molecule has 0 aliphatic heterocycles. The fraction of sp³-hybridized carbons (Fsp3) is 0.478. The van der Waals surface area contributed by atoms with Crippen molar-refractivity contribution in [2.75, 3.05) is 7.11 Å². The van der Waals surface area contributed by atoms with E-state index in [2.05, 4.69) is 51.1 Å². The van der Waals surface area contributed by atoms with Gasteiger partial charge in [-0.25, -0.2) is 0 Å². The lowest BCUT2D eigenvalue weighted by Crippen LogP contribution is -2.13. The van der Waals surface area contributed by atoms with Gasteiger partial charge in [-0.05, 0) is 71.8 Å². The summed E-state index contributed by atoms with van der Waals surface area (Å²) in [5, 5.41) is 10.8. The number of phenols is 1. The summed E-state index contributed by atoms with van der Waals surface area (Å²) in [4.78, 5) is 0. The van der Waals surface area contributed by atoms with E-state index in [1.54, 1.807) is 7.11 Å². The van der Waals surface area contributed by atoms with E-state index >= 15 is 0 Å². The van der Waals surface area contributed by atoms with Crippen molar-refractivity contribution in [3.8, 4) is 11.5 Å². The van der Waals surface area contributed by atoms with Gasteiger partial charge in [-0.1, -0.05) is 51.1 Å². The van der Waals surface area contributed by atoms with Gasteiger partial charge in [0.25, 0.3) is 0 Å². The van der Waals surface area contributed by atoms with Crippen LogP contribution in [0.4, 0.5) is 0 Å². The van der Waals surface area contributed by atoms with Crippen LogP contribution < -0.4 is 4.74 Å². The molecule has 2 aromatic carbocycles. The van der Waals surface area contributed by atoms with Crippen molar-refractivity contribution in [2.45, 2.75) is 64.7 Å². The molecule has 0 saturated carbocycles. The van der Waals surface area contributed by atoms with E-state index in [1.165, 1.54) is 16.7 Å².